The molecule has 336 valence electrons. The molecule has 4 aliphatic rings. The number of fused-ring (bicyclic) bond motifs is 13. The van der Waals surface area contributed by atoms with Crippen LogP contribution >= 0.6 is 0 Å². The van der Waals surface area contributed by atoms with E-state index in [2.05, 4.69) is 228 Å². The van der Waals surface area contributed by atoms with Crippen molar-refractivity contribution in [2.45, 2.75) is 84.5 Å². The molecule has 2 nitrogen and oxygen atoms in total. The fourth-order valence-electron chi connectivity index (χ4n) is 13.9. The van der Waals surface area contributed by atoms with Crippen molar-refractivity contribution in [3.63, 3.8) is 0 Å². The van der Waals surface area contributed by atoms with E-state index in [4.69, 9.17) is 0 Å². The number of aromatic nitrogens is 2. The maximum atomic E-state index is 2.80. The van der Waals surface area contributed by atoms with Crippen molar-refractivity contribution in [1.29, 1.82) is 0 Å². The van der Waals surface area contributed by atoms with E-state index in [0.29, 0.717) is 0 Å². The van der Waals surface area contributed by atoms with Crippen molar-refractivity contribution in [3.8, 4) is 44.9 Å². The quantitative estimate of drug-likeness (QED) is 0.147. The highest BCUT2D eigenvalue weighted by Gasteiger charge is 2.55. The number of hydrogen-bond donors (Lipinski definition) is 0. The van der Waals surface area contributed by atoms with Crippen molar-refractivity contribution < 1.29 is 0 Å². The molecule has 0 N–H and O–H groups in total. The molecular weight excluding hydrogens is 844 g/mol. The zero-order valence-corrected chi connectivity index (χ0v) is 41.5. The van der Waals surface area contributed by atoms with E-state index in [9.17, 15) is 0 Å². The second-order valence-electron chi connectivity index (χ2n) is 22.6. The summed E-state index contributed by atoms with van der Waals surface area (Å²) in [5.74, 6) is 0. The fourth-order valence-corrected chi connectivity index (χ4v) is 13.9. The Bertz CT molecular complexity index is 4110. The van der Waals surface area contributed by atoms with Crippen LogP contribution in [-0.4, -0.2) is 15.8 Å². The summed E-state index contributed by atoms with van der Waals surface area (Å²) in [6.07, 6.45) is 2.09. The van der Waals surface area contributed by atoms with Gasteiger partial charge in [0.05, 0.1) is 22.1 Å². The summed E-state index contributed by atoms with van der Waals surface area (Å²) in [4.78, 5) is 0. The van der Waals surface area contributed by atoms with E-state index in [0.717, 1.165) is 12.8 Å². The van der Waals surface area contributed by atoms with Crippen LogP contribution in [0, 0.1) is 13.8 Å². The van der Waals surface area contributed by atoms with Crippen molar-refractivity contribution in [2.24, 2.45) is 0 Å². The van der Waals surface area contributed by atoms with Gasteiger partial charge in [-0.15, -0.1) is 0 Å². The van der Waals surface area contributed by atoms with Gasteiger partial charge in [0.1, 0.15) is 0 Å². The molecule has 0 bridgehead atoms. The van der Waals surface area contributed by atoms with E-state index in [1.165, 1.54) is 149 Å². The first-order valence-corrected chi connectivity index (χ1v) is 25.8. The molecular formula is C67H55BN2. The van der Waals surface area contributed by atoms with E-state index in [-0.39, 0.29) is 17.5 Å². The van der Waals surface area contributed by atoms with Gasteiger partial charge in [-0.2, -0.15) is 0 Å². The summed E-state index contributed by atoms with van der Waals surface area (Å²) in [6, 6.07) is 64.8. The second kappa shape index (κ2) is 13.5. The summed E-state index contributed by atoms with van der Waals surface area (Å²) in [7, 11) is 0. The number of benzene rings is 9. The number of nitrogens with zero attached hydrogens (tertiary/aromatic N) is 2. The smallest absolute Gasteiger partial charge is 0.253 e. The van der Waals surface area contributed by atoms with Gasteiger partial charge >= 0.3 is 0 Å². The van der Waals surface area contributed by atoms with Gasteiger partial charge in [-0.25, -0.2) is 0 Å². The molecule has 0 fully saturated rings. The molecule has 0 saturated carbocycles. The van der Waals surface area contributed by atoms with Crippen molar-refractivity contribution in [2.75, 3.05) is 0 Å². The average Bonchev–Trinajstić information content (AvgIpc) is 4.02. The Morgan fingerprint density at radius 1 is 0.471 bits per heavy atom. The van der Waals surface area contributed by atoms with Crippen LogP contribution in [0.3, 0.4) is 0 Å². The van der Waals surface area contributed by atoms with Crippen molar-refractivity contribution in [1.82, 2.24) is 9.13 Å². The first-order valence-electron chi connectivity index (χ1n) is 25.8. The third-order valence-corrected chi connectivity index (χ3v) is 18.3. The average molecular weight is 899 g/mol. The van der Waals surface area contributed by atoms with Crippen LogP contribution in [0.1, 0.15) is 98.9 Å². The Morgan fingerprint density at radius 2 is 1.06 bits per heavy atom. The highest BCUT2D eigenvalue weighted by atomic mass is 15.1. The van der Waals surface area contributed by atoms with Crippen LogP contribution in [0.4, 0.5) is 0 Å². The van der Waals surface area contributed by atoms with Gasteiger partial charge < -0.3 is 9.13 Å². The normalized spacial score (nSPS) is 14.5. The number of hydrogen-bond acceptors (Lipinski definition) is 0. The highest BCUT2D eigenvalue weighted by molar-refractivity contribution is 7.01. The molecule has 1 spiro atoms. The zero-order valence-electron chi connectivity index (χ0n) is 41.5. The molecule has 15 rings (SSSR count). The molecule has 3 aliphatic heterocycles. The summed E-state index contributed by atoms with van der Waals surface area (Å²) in [5.41, 5.74) is 29.0. The number of rotatable bonds is 6. The van der Waals surface area contributed by atoms with Gasteiger partial charge in [-0.1, -0.05) is 192 Å². The highest BCUT2D eigenvalue weighted by Crippen LogP contribution is 2.62. The maximum absolute atomic E-state index is 2.80. The lowest BCUT2D eigenvalue weighted by Gasteiger charge is -2.44. The second-order valence-corrected chi connectivity index (χ2v) is 22.6. The first kappa shape index (κ1) is 40.5. The van der Waals surface area contributed by atoms with E-state index in [1.807, 2.05) is 0 Å². The lowest BCUT2D eigenvalue weighted by Crippen LogP contribution is -2.61. The molecule has 9 aromatic carbocycles. The topological polar surface area (TPSA) is 9.86 Å². The van der Waals surface area contributed by atoms with Crippen LogP contribution in [0.25, 0.3) is 88.4 Å². The molecule has 0 unspecified atom stereocenters. The predicted octanol–water partition coefficient (Wildman–Crippen LogP) is 15.0. The Morgan fingerprint density at radius 3 is 1.71 bits per heavy atom. The Kier molecular flexibility index (Phi) is 7.81. The molecule has 0 radical (unpaired) electrons. The first-order chi connectivity index (χ1) is 34.0. The summed E-state index contributed by atoms with van der Waals surface area (Å²) in [5, 5.41) is 6.70. The summed E-state index contributed by atoms with van der Waals surface area (Å²) in [6.45, 7) is 18.9. The largest absolute Gasteiger partial charge is 0.310 e. The monoisotopic (exact) mass is 898 g/mol. The Hall–Kier alpha value is -7.36. The molecule has 0 atom stereocenters. The Balaban J connectivity index is 1.23. The van der Waals surface area contributed by atoms with Gasteiger partial charge in [-0.3, -0.25) is 0 Å². The SMILES string of the molecule is CCC(C)(C)c1cc2c3c(c1)c1cc(C(C)(C)CC)cc4c1n3-c1c(ccc3c1B2c1c2ccccc2cc2c(-c5ccc(C)cc5)c(-c5ccc(C)cc5)n-3c12)C41c2ccccc2-c2ccccc21. The lowest BCUT2D eigenvalue weighted by molar-refractivity contribution is 0.505. The fraction of sp³-hybridized carbons (Fsp3) is 0.194. The van der Waals surface area contributed by atoms with E-state index < -0.39 is 5.41 Å². The van der Waals surface area contributed by atoms with E-state index in [1.54, 1.807) is 0 Å². The van der Waals surface area contributed by atoms with Gasteiger partial charge in [0.25, 0.3) is 6.71 Å². The molecule has 1 aliphatic carbocycles. The molecule has 3 heteroatoms. The van der Waals surface area contributed by atoms with E-state index >= 15 is 0 Å². The van der Waals surface area contributed by atoms with Crippen LogP contribution in [-0.2, 0) is 16.2 Å². The molecule has 2 aromatic heterocycles. The van der Waals surface area contributed by atoms with Crippen molar-refractivity contribution in [3.05, 3.63) is 208 Å². The predicted molar refractivity (Wildman–Crippen MR) is 298 cm³/mol. The lowest BCUT2D eigenvalue weighted by atomic mass is 9.33. The standard InChI is InChI=1S/C67H55BN2/c1-9-65(5,6)43-34-48-49-35-44(66(7,8)10-2)37-55-62(49)70-61(48)54(36-43)67(51-21-15-13-19-46(51)47-20-14-16-22-52(47)67)53-31-32-56-59(64(53)70)68(55)58-45-18-12-11-17-42(45)33-50-57(40-27-23-38(3)24-28-40)60(69(56)63(50)58)41-29-25-39(4)26-30-41/h11-37H,9-10H2,1-8H3. The summed E-state index contributed by atoms with van der Waals surface area (Å²) < 4.78 is 5.51. The number of aryl methyl sites for hydroxylation is 2. The molecule has 5 heterocycles. The minimum atomic E-state index is -0.550. The third-order valence-electron chi connectivity index (χ3n) is 18.3. The minimum absolute atomic E-state index is 0.0263. The maximum Gasteiger partial charge on any atom is 0.253 e. The molecule has 0 saturated heterocycles. The Labute approximate surface area is 411 Å². The molecule has 0 amide bonds. The molecule has 70 heavy (non-hydrogen) atoms. The van der Waals surface area contributed by atoms with Crippen LogP contribution < -0.4 is 16.4 Å². The molecule has 11 aromatic rings. The van der Waals surface area contributed by atoms with Crippen LogP contribution in [0.2, 0.25) is 0 Å². The zero-order chi connectivity index (χ0) is 47.3. The third kappa shape index (κ3) is 4.77. The van der Waals surface area contributed by atoms with Crippen molar-refractivity contribution >= 4 is 66.6 Å². The summed E-state index contributed by atoms with van der Waals surface area (Å²) >= 11 is 0. The van der Waals surface area contributed by atoms with Gasteiger partial charge in [0.15, 0.2) is 0 Å². The van der Waals surface area contributed by atoms with Gasteiger partial charge in [0, 0.05) is 38.6 Å². The van der Waals surface area contributed by atoms with Gasteiger partial charge in [-0.05, 0) is 145 Å². The minimum Gasteiger partial charge on any atom is -0.310 e. The van der Waals surface area contributed by atoms with Crippen LogP contribution in [0.15, 0.2) is 164 Å². The van der Waals surface area contributed by atoms with Crippen LogP contribution in [0.5, 0.6) is 0 Å². The van der Waals surface area contributed by atoms with Gasteiger partial charge in [0.2, 0.25) is 0 Å².